The number of urea groups is 1. The van der Waals surface area contributed by atoms with Crippen molar-refractivity contribution in [3.05, 3.63) is 35.0 Å². The lowest BCUT2D eigenvalue weighted by atomic mass is 10.00. The van der Waals surface area contributed by atoms with Gasteiger partial charge in [0, 0.05) is 24.4 Å². The van der Waals surface area contributed by atoms with Crippen LogP contribution in [0.25, 0.3) is 0 Å². The molecule has 1 atom stereocenters. The number of amides is 2. The number of nitrogens with zero attached hydrogens (tertiary/aromatic N) is 1. The molecule has 0 unspecified atom stereocenters. The number of benzene rings is 1. The van der Waals surface area contributed by atoms with Gasteiger partial charge < -0.3 is 24.8 Å². The third-order valence-electron chi connectivity index (χ3n) is 4.50. The van der Waals surface area contributed by atoms with E-state index in [0.717, 1.165) is 5.56 Å². The van der Waals surface area contributed by atoms with Crippen LogP contribution in [-0.4, -0.2) is 57.4 Å². The zero-order chi connectivity index (χ0) is 20.7. The zero-order valence-electron chi connectivity index (χ0n) is 17.1. The lowest BCUT2D eigenvalue weighted by Crippen LogP contribution is -2.51. The third-order valence-corrected chi connectivity index (χ3v) is 4.50. The Morgan fingerprint density at radius 3 is 2.54 bits per heavy atom. The van der Waals surface area contributed by atoms with Gasteiger partial charge in [-0.1, -0.05) is 19.1 Å². The zero-order valence-corrected chi connectivity index (χ0v) is 17.1. The number of carbonyl (C=O) groups excluding carboxylic acids is 2. The second-order valence-corrected chi connectivity index (χ2v) is 6.50. The Balaban J connectivity index is 2.27. The molecule has 1 aliphatic rings. The van der Waals surface area contributed by atoms with Crippen molar-refractivity contribution in [2.24, 2.45) is 0 Å². The summed E-state index contributed by atoms with van der Waals surface area (Å²) >= 11 is 0. The van der Waals surface area contributed by atoms with Crippen molar-refractivity contribution >= 4 is 12.0 Å². The molecule has 0 spiro atoms. The van der Waals surface area contributed by atoms with Gasteiger partial charge in [-0.15, -0.1) is 0 Å². The lowest BCUT2D eigenvalue weighted by Gasteiger charge is -2.30. The molecule has 1 aliphatic heterocycles. The average Bonchev–Trinajstić information content (AvgIpc) is 2.67. The van der Waals surface area contributed by atoms with Crippen LogP contribution in [0.2, 0.25) is 0 Å². The number of hydrogen-bond acceptors (Lipinski definition) is 6. The maximum absolute atomic E-state index is 12.5. The van der Waals surface area contributed by atoms with Gasteiger partial charge in [0.1, 0.15) is 0 Å². The van der Waals surface area contributed by atoms with Crippen LogP contribution in [0.5, 0.6) is 11.5 Å². The molecule has 1 aromatic rings. The molecular weight excluding hydrogens is 362 g/mol. The SMILES string of the molecule is CCOC(=O)C1=C(CN(C)Cc2cccc(OC)c2OC)NC(=O)N[C@H]1CC. The lowest BCUT2D eigenvalue weighted by molar-refractivity contribution is -0.139. The highest BCUT2D eigenvalue weighted by atomic mass is 16.5. The van der Waals surface area contributed by atoms with Crippen LogP contribution in [0, 0.1) is 0 Å². The van der Waals surface area contributed by atoms with Crippen LogP contribution in [-0.2, 0) is 16.1 Å². The second kappa shape index (κ2) is 9.98. The summed E-state index contributed by atoms with van der Waals surface area (Å²) in [5.74, 6) is 0.905. The molecule has 2 rings (SSSR count). The van der Waals surface area contributed by atoms with Crippen LogP contribution in [0.3, 0.4) is 0 Å². The van der Waals surface area contributed by atoms with Gasteiger partial charge in [0.15, 0.2) is 11.5 Å². The van der Waals surface area contributed by atoms with Gasteiger partial charge in [0.05, 0.1) is 32.4 Å². The number of methoxy groups -OCH3 is 2. The molecule has 0 bridgehead atoms. The topological polar surface area (TPSA) is 89.1 Å². The Morgan fingerprint density at radius 2 is 1.93 bits per heavy atom. The van der Waals surface area contributed by atoms with Crippen LogP contribution in [0.15, 0.2) is 29.5 Å². The molecule has 8 nitrogen and oxygen atoms in total. The quantitative estimate of drug-likeness (QED) is 0.627. The molecule has 0 aromatic heterocycles. The largest absolute Gasteiger partial charge is 0.493 e. The number of para-hydroxylation sites is 1. The van der Waals surface area contributed by atoms with E-state index in [0.29, 0.717) is 42.3 Å². The minimum Gasteiger partial charge on any atom is -0.493 e. The van der Waals surface area contributed by atoms with Gasteiger partial charge >= 0.3 is 12.0 Å². The maximum Gasteiger partial charge on any atom is 0.337 e. The first-order valence-electron chi connectivity index (χ1n) is 9.31. The van der Waals surface area contributed by atoms with E-state index in [9.17, 15) is 9.59 Å². The van der Waals surface area contributed by atoms with Gasteiger partial charge in [0.2, 0.25) is 0 Å². The number of rotatable bonds is 9. The van der Waals surface area contributed by atoms with E-state index < -0.39 is 5.97 Å². The van der Waals surface area contributed by atoms with E-state index in [-0.39, 0.29) is 18.7 Å². The van der Waals surface area contributed by atoms with Gasteiger partial charge in [-0.2, -0.15) is 0 Å². The van der Waals surface area contributed by atoms with E-state index in [2.05, 4.69) is 10.6 Å². The van der Waals surface area contributed by atoms with E-state index in [1.165, 1.54) is 0 Å². The van der Waals surface area contributed by atoms with Crippen LogP contribution in [0.4, 0.5) is 4.79 Å². The first-order valence-corrected chi connectivity index (χ1v) is 9.31. The fourth-order valence-electron chi connectivity index (χ4n) is 3.28. The Bertz CT molecular complexity index is 747. The summed E-state index contributed by atoms with van der Waals surface area (Å²) in [5, 5.41) is 5.55. The predicted molar refractivity (Wildman–Crippen MR) is 105 cm³/mol. The highest BCUT2D eigenvalue weighted by molar-refractivity contribution is 5.94. The molecule has 0 saturated heterocycles. The van der Waals surface area contributed by atoms with Crippen molar-refractivity contribution in [1.29, 1.82) is 0 Å². The molecule has 2 amide bonds. The molecule has 0 aliphatic carbocycles. The molecule has 0 radical (unpaired) electrons. The summed E-state index contributed by atoms with van der Waals surface area (Å²) < 4.78 is 16.0. The Morgan fingerprint density at radius 1 is 1.18 bits per heavy atom. The number of nitrogens with one attached hydrogen (secondary N) is 2. The molecule has 1 aromatic carbocycles. The Labute approximate surface area is 165 Å². The monoisotopic (exact) mass is 391 g/mol. The summed E-state index contributed by atoms with van der Waals surface area (Å²) in [6, 6.07) is 4.99. The number of ether oxygens (including phenoxy) is 3. The van der Waals surface area contributed by atoms with Gasteiger partial charge in [-0.25, -0.2) is 9.59 Å². The maximum atomic E-state index is 12.5. The van der Waals surface area contributed by atoms with Crippen LogP contribution in [0.1, 0.15) is 25.8 Å². The molecular formula is C20H29N3O5. The van der Waals surface area contributed by atoms with Gasteiger partial charge in [0.25, 0.3) is 0 Å². The molecule has 0 saturated carbocycles. The number of likely N-dealkylation sites (N-methyl/N-ethyl adjacent to an activating group) is 1. The van der Waals surface area contributed by atoms with Crippen molar-refractivity contribution in [1.82, 2.24) is 15.5 Å². The normalized spacial score (nSPS) is 16.5. The number of hydrogen-bond donors (Lipinski definition) is 2. The summed E-state index contributed by atoms with van der Waals surface area (Å²) in [6.07, 6.45) is 0.596. The Hall–Kier alpha value is -2.74. The second-order valence-electron chi connectivity index (χ2n) is 6.50. The van der Waals surface area contributed by atoms with Crippen molar-refractivity contribution in [3.8, 4) is 11.5 Å². The molecule has 154 valence electrons. The average molecular weight is 391 g/mol. The molecule has 8 heteroatoms. The molecule has 1 heterocycles. The van der Waals surface area contributed by atoms with Crippen molar-refractivity contribution in [2.75, 3.05) is 34.4 Å². The van der Waals surface area contributed by atoms with Gasteiger partial charge in [-0.05, 0) is 26.5 Å². The number of esters is 1. The summed E-state index contributed by atoms with van der Waals surface area (Å²) in [4.78, 5) is 26.5. The van der Waals surface area contributed by atoms with Crippen LogP contribution < -0.4 is 20.1 Å². The third kappa shape index (κ3) is 4.95. The van der Waals surface area contributed by atoms with E-state index >= 15 is 0 Å². The summed E-state index contributed by atoms with van der Waals surface area (Å²) in [5.41, 5.74) is 1.96. The molecule has 0 fully saturated rings. The highest BCUT2D eigenvalue weighted by Crippen LogP contribution is 2.31. The number of carbonyl (C=O) groups is 2. The van der Waals surface area contributed by atoms with Gasteiger partial charge in [-0.3, -0.25) is 4.90 Å². The predicted octanol–water partition coefficient (Wildman–Crippen LogP) is 2.04. The fourth-order valence-corrected chi connectivity index (χ4v) is 3.28. The smallest absolute Gasteiger partial charge is 0.337 e. The summed E-state index contributed by atoms with van der Waals surface area (Å²) in [6.45, 7) is 4.86. The first-order chi connectivity index (χ1) is 13.4. The standard InChI is InChI=1S/C20H29N3O5/c1-6-14-17(19(24)28-7-2)15(22-20(25)21-14)12-23(3)11-13-9-8-10-16(26-4)18(13)27-5/h8-10,14H,6-7,11-12H2,1-5H3,(H2,21,22,25)/t14-/m0/s1. The summed E-state index contributed by atoms with van der Waals surface area (Å²) in [7, 11) is 5.10. The van der Waals surface area contributed by atoms with Crippen LogP contribution >= 0.6 is 0 Å². The van der Waals surface area contributed by atoms with E-state index in [1.54, 1.807) is 21.1 Å². The van der Waals surface area contributed by atoms with Crippen molar-refractivity contribution in [3.63, 3.8) is 0 Å². The molecule has 28 heavy (non-hydrogen) atoms. The van der Waals surface area contributed by atoms with E-state index in [4.69, 9.17) is 14.2 Å². The highest BCUT2D eigenvalue weighted by Gasteiger charge is 2.31. The first kappa shape index (κ1) is 21.6. The van der Waals surface area contributed by atoms with E-state index in [1.807, 2.05) is 37.1 Å². The van der Waals surface area contributed by atoms with Crippen molar-refractivity contribution < 1.29 is 23.8 Å². The van der Waals surface area contributed by atoms with Crippen molar-refractivity contribution in [2.45, 2.75) is 32.9 Å². The fraction of sp³-hybridized carbons (Fsp3) is 0.500. The molecule has 2 N–H and O–H groups in total. The Kier molecular flexibility index (Phi) is 7.69. The minimum atomic E-state index is -0.413. The minimum absolute atomic E-state index is 0.275.